The number of methoxy groups -OCH3 is 1. The van der Waals surface area contributed by atoms with Gasteiger partial charge < -0.3 is 18.8 Å². The molecule has 0 bridgehead atoms. The van der Waals surface area contributed by atoms with E-state index >= 15 is 0 Å². The van der Waals surface area contributed by atoms with Gasteiger partial charge in [-0.05, 0) is 29.8 Å². The van der Waals surface area contributed by atoms with Crippen LogP contribution in [0.25, 0.3) is 16.3 Å². The van der Waals surface area contributed by atoms with Gasteiger partial charge in [-0.25, -0.2) is 0 Å². The number of thiophene rings is 1. The molecule has 0 atom stereocenters. The van der Waals surface area contributed by atoms with Crippen molar-refractivity contribution in [3.8, 4) is 27.8 Å². The number of esters is 1. The maximum atomic E-state index is 11.4. The first-order valence-corrected chi connectivity index (χ1v) is 8.85. The summed E-state index contributed by atoms with van der Waals surface area (Å²) in [6, 6.07) is 12.0. The molecule has 0 saturated carbocycles. The van der Waals surface area contributed by atoms with Crippen LogP contribution in [0.4, 0.5) is 0 Å². The number of rotatable bonds is 4. The summed E-state index contributed by atoms with van der Waals surface area (Å²) in [4.78, 5) is 12.4. The van der Waals surface area contributed by atoms with Crippen LogP contribution >= 0.6 is 11.3 Å². The molecule has 0 amide bonds. The lowest BCUT2D eigenvalue weighted by Crippen LogP contribution is -2.14. The quantitative estimate of drug-likeness (QED) is 0.670. The Labute approximate surface area is 149 Å². The normalized spacial score (nSPS) is 12.8. The topological polar surface area (TPSA) is 49.7 Å². The Morgan fingerprint density at radius 1 is 1.20 bits per heavy atom. The van der Waals surface area contributed by atoms with Crippen molar-refractivity contribution >= 4 is 17.3 Å². The van der Waals surface area contributed by atoms with Gasteiger partial charge in [0.1, 0.15) is 13.2 Å². The number of hydrogen-bond acceptors (Lipinski definition) is 5. The molecular weight excluding hydrogens is 338 g/mol. The summed E-state index contributed by atoms with van der Waals surface area (Å²) in [6.07, 6.45) is 2.29. The predicted octanol–water partition coefficient (Wildman–Crippen LogP) is 3.69. The summed E-state index contributed by atoms with van der Waals surface area (Å²) in [5, 5.41) is 1.99. The Kier molecular flexibility index (Phi) is 4.19. The predicted molar refractivity (Wildman–Crippen MR) is 95.8 cm³/mol. The van der Waals surface area contributed by atoms with Gasteiger partial charge in [-0.3, -0.25) is 4.79 Å². The van der Waals surface area contributed by atoms with Gasteiger partial charge >= 0.3 is 5.97 Å². The molecular formula is C19H17NO4S. The molecule has 5 nitrogen and oxygen atoms in total. The van der Waals surface area contributed by atoms with E-state index in [4.69, 9.17) is 14.2 Å². The summed E-state index contributed by atoms with van der Waals surface area (Å²) in [6.45, 7) is 1.16. The molecule has 0 fully saturated rings. The molecule has 0 saturated heterocycles. The molecule has 0 radical (unpaired) electrons. The smallest absolute Gasteiger partial charge is 0.309 e. The lowest BCUT2D eigenvalue weighted by Gasteiger charge is -2.17. The van der Waals surface area contributed by atoms with Crippen LogP contribution in [0.1, 0.15) is 5.56 Å². The van der Waals surface area contributed by atoms with Crippen LogP contribution in [-0.4, -0.2) is 30.9 Å². The lowest BCUT2D eigenvalue weighted by molar-refractivity contribution is -0.139. The molecule has 0 spiro atoms. The summed E-state index contributed by atoms with van der Waals surface area (Å²) >= 11 is 1.61. The van der Waals surface area contributed by atoms with Crippen molar-refractivity contribution in [1.29, 1.82) is 0 Å². The van der Waals surface area contributed by atoms with Gasteiger partial charge in [0.15, 0.2) is 11.5 Å². The first-order chi connectivity index (χ1) is 12.3. The SMILES string of the molecule is COC(=O)Cc1ccc(-n2cccc2-c2scc3c2OCCO3)cc1. The highest BCUT2D eigenvalue weighted by Gasteiger charge is 2.21. The van der Waals surface area contributed by atoms with E-state index in [1.165, 1.54) is 7.11 Å². The number of carbonyl (C=O) groups is 1. The second-order valence-electron chi connectivity index (χ2n) is 5.64. The summed E-state index contributed by atoms with van der Waals surface area (Å²) < 4.78 is 18.3. The number of nitrogens with zero attached hydrogens (tertiary/aromatic N) is 1. The molecule has 3 heterocycles. The van der Waals surface area contributed by atoms with Crippen molar-refractivity contribution < 1.29 is 19.0 Å². The Bertz CT molecular complexity index is 895. The summed E-state index contributed by atoms with van der Waals surface area (Å²) in [5.41, 5.74) is 3.00. The van der Waals surface area contributed by atoms with Crippen LogP contribution in [0, 0.1) is 0 Å². The molecule has 1 aliphatic heterocycles. The highest BCUT2D eigenvalue weighted by atomic mass is 32.1. The van der Waals surface area contributed by atoms with E-state index in [-0.39, 0.29) is 12.4 Å². The maximum Gasteiger partial charge on any atom is 0.309 e. The first-order valence-electron chi connectivity index (χ1n) is 7.97. The van der Waals surface area contributed by atoms with E-state index in [1.807, 2.05) is 41.9 Å². The molecule has 128 valence electrons. The number of aromatic nitrogens is 1. The van der Waals surface area contributed by atoms with Crippen molar-refractivity contribution in [1.82, 2.24) is 4.57 Å². The van der Waals surface area contributed by atoms with Gasteiger partial charge in [0, 0.05) is 17.3 Å². The van der Waals surface area contributed by atoms with E-state index < -0.39 is 0 Å². The van der Waals surface area contributed by atoms with E-state index in [0.29, 0.717) is 13.2 Å². The Balaban J connectivity index is 1.66. The zero-order chi connectivity index (χ0) is 17.2. The fraction of sp³-hybridized carbons (Fsp3) is 0.211. The van der Waals surface area contributed by atoms with Gasteiger partial charge in [0.05, 0.1) is 24.1 Å². The van der Waals surface area contributed by atoms with Crippen LogP contribution in [0.2, 0.25) is 0 Å². The Morgan fingerprint density at radius 3 is 2.80 bits per heavy atom. The van der Waals surface area contributed by atoms with E-state index in [2.05, 4.69) is 10.6 Å². The minimum Gasteiger partial charge on any atom is -0.485 e. The minimum atomic E-state index is -0.239. The van der Waals surface area contributed by atoms with Gasteiger partial charge in [-0.1, -0.05) is 12.1 Å². The highest BCUT2D eigenvalue weighted by Crippen LogP contribution is 2.46. The molecule has 25 heavy (non-hydrogen) atoms. The van der Waals surface area contributed by atoms with Gasteiger partial charge in [-0.15, -0.1) is 11.3 Å². The Morgan fingerprint density at radius 2 is 2.00 bits per heavy atom. The van der Waals surface area contributed by atoms with Gasteiger partial charge in [0.2, 0.25) is 0 Å². The number of hydrogen-bond donors (Lipinski definition) is 0. The Hall–Kier alpha value is -2.73. The van der Waals surface area contributed by atoms with Crippen LogP contribution in [0.3, 0.4) is 0 Å². The highest BCUT2D eigenvalue weighted by molar-refractivity contribution is 7.14. The van der Waals surface area contributed by atoms with Crippen molar-refractivity contribution in [2.45, 2.75) is 6.42 Å². The third-order valence-corrected chi connectivity index (χ3v) is 5.04. The third-order valence-electron chi connectivity index (χ3n) is 4.07. The average Bonchev–Trinajstić information content (AvgIpc) is 3.28. The third kappa shape index (κ3) is 3.00. The molecule has 2 aromatic heterocycles. The molecule has 6 heteroatoms. The van der Waals surface area contributed by atoms with Crippen molar-refractivity contribution in [2.24, 2.45) is 0 Å². The van der Waals surface area contributed by atoms with Crippen LogP contribution in [-0.2, 0) is 16.0 Å². The molecule has 0 unspecified atom stereocenters. The van der Waals surface area contributed by atoms with Crippen molar-refractivity contribution in [3.05, 3.63) is 53.5 Å². The average molecular weight is 355 g/mol. The number of carbonyl (C=O) groups excluding carboxylic acids is 1. The van der Waals surface area contributed by atoms with E-state index in [0.717, 1.165) is 33.3 Å². The molecule has 0 aliphatic carbocycles. The molecule has 3 aromatic rings. The summed E-state index contributed by atoms with van der Waals surface area (Å²) in [5.74, 6) is 1.39. The lowest BCUT2D eigenvalue weighted by atomic mass is 10.1. The summed E-state index contributed by atoms with van der Waals surface area (Å²) in [7, 11) is 1.40. The first kappa shape index (κ1) is 15.8. The number of ether oxygens (including phenoxy) is 3. The number of benzene rings is 1. The maximum absolute atomic E-state index is 11.4. The minimum absolute atomic E-state index is 0.239. The van der Waals surface area contributed by atoms with Gasteiger partial charge in [0.25, 0.3) is 0 Å². The monoisotopic (exact) mass is 355 g/mol. The second kappa shape index (κ2) is 6.64. The van der Waals surface area contributed by atoms with Crippen molar-refractivity contribution in [3.63, 3.8) is 0 Å². The van der Waals surface area contributed by atoms with Crippen LogP contribution in [0.15, 0.2) is 48.0 Å². The molecule has 1 aliphatic rings. The van der Waals surface area contributed by atoms with E-state index in [9.17, 15) is 4.79 Å². The van der Waals surface area contributed by atoms with E-state index in [1.54, 1.807) is 11.3 Å². The fourth-order valence-corrected chi connectivity index (χ4v) is 3.80. The standard InChI is InChI=1S/C19H17NO4S/c1-22-17(21)11-13-4-6-14(7-5-13)20-8-2-3-15(20)19-18-16(12-25-19)23-9-10-24-18/h2-8,12H,9-11H2,1H3. The molecule has 0 N–H and O–H groups in total. The van der Waals surface area contributed by atoms with Crippen molar-refractivity contribution in [2.75, 3.05) is 20.3 Å². The molecule has 1 aromatic carbocycles. The largest absolute Gasteiger partial charge is 0.485 e. The van der Waals surface area contributed by atoms with Gasteiger partial charge in [-0.2, -0.15) is 0 Å². The zero-order valence-electron chi connectivity index (χ0n) is 13.7. The van der Waals surface area contributed by atoms with Crippen LogP contribution < -0.4 is 9.47 Å². The number of fused-ring (bicyclic) bond motifs is 1. The fourth-order valence-electron chi connectivity index (χ4n) is 2.84. The molecule has 4 rings (SSSR count). The van der Waals surface area contributed by atoms with Crippen LogP contribution in [0.5, 0.6) is 11.5 Å². The zero-order valence-corrected chi connectivity index (χ0v) is 14.5. The second-order valence-corrected chi connectivity index (χ2v) is 6.52.